The van der Waals surface area contributed by atoms with Gasteiger partial charge in [0.2, 0.25) is 0 Å². The first-order valence-electron chi connectivity index (χ1n) is 4.72. The molecule has 1 aliphatic heterocycles. The van der Waals surface area contributed by atoms with E-state index in [1.54, 1.807) is 0 Å². The molecular weight excluding hydrogens is 237 g/mol. The van der Waals surface area contributed by atoms with Crippen molar-refractivity contribution in [3.05, 3.63) is 29.8 Å². The summed E-state index contributed by atoms with van der Waals surface area (Å²) in [6.45, 7) is 0. The number of halogens is 3. The van der Waals surface area contributed by atoms with E-state index in [2.05, 4.69) is 5.32 Å². The first-order chi connectivity index (χ1) is 7.78. The van der Waals surface area contributed by atoms with E-state index in [0.717, 1.165) is 13.1 Å². The van der Waals surface area contributed by atoms with Gasteiger partial charge in [0.15, 0.2) is 0 Å². The highest BCUT2D eigenvalue weighted by Crippen LogP contribution is 2.46. The second-order valence-electron chi connectivity index (χ2n) is 3.70. The van der Waals surface area contributed by atoms with Crippen molar-refractivity contribution >= 4 is 11.7 Å². The van der Waals surface area contributed by atoms with Gasteiger partial charge >= 0.3 is 12.2 Å². The SMILES string of the molecule is CN1C(=O)Nc2ccccc2C1(O)C(F)(F)F. The van der Waals surface area contributed by atoms with Crippen LogP contribution in [0.3, 0.4) is 0 Å². The Morgan fingerprint density at radius 3 is 2.53 bits per heavy atom. The molecule has 4 nitrogen and oxygen atoms in total. The molecule has 2 rings (SSSR count). The van der Waals surface area contributed by atoms with Crippen molar-refractivity contribution in [1.82, 2.24) is 4.90 Å². The van der Waals surface area contributed by atoms with Gasteiger partial charge in [-0.05, 0) is 6.07 Å². The Morgan fingerprint density at radius 2 is 1.94 bits per heavy atom. The van der Waals surface area contributed by atoms with Crippen molar-refractivity contribution < 1.29 is 23.1 Å². The van der Waals surface area contributed by atoms with Gasteiger partial charge in [-0.2, -0.15) is 13.2 Å². The number of benzene rings is 1. The van der Waals surface area contributed by atoms with Gasteiger partial charge in [-0.3, -0.25) is 4.90 Å². The molecular formula is C10H9F3N2O2. The number of alkyl halides is 3. The van der Waals surface area contributed by atoms with E-state index in [-0.39, 0.29) is 10.6 Å². The number of para-hydroxylation sites is 1. The lowest BCUT2D eigenvalue weighted by atomic mass is 9.96. The van der Waals surface area contributed by atoms with Crippen LogP contribution in [-0.4, -0.2) is 29.3 Å². The molecule has 1 atom stereocenters. The number of fused-ring (bicyclic) bond motifs is 1. The lowest BCUT2D eigenvalue weighted by Gasteiger charge is -2.42. The van der Waals surface area contributed by atoms with Gasteiger partial charge in [-0.25, -0.2) is 4.79 Å². The van der Waals surface area contributed by atoms with Crippen LogP contribution in [-0.2, 0) is 5.72 Å². The van der Waals surface area contributed by atoms with Crippen molar-refractivity contribution in [2.45, 2.75) is 11.9 Å². The zero-order valence-corrected chi connectivity index (χ0v) is 8.75. The van der Waals surface area contributed by atoms with Crippen LogP contribution >= 0.6 is 0 Å². The summed E-state index contributed by atoms with van der Waals surface area (Å²) in [4.78, 5) is 11.6. The molecule has 0 saturated carbocycles. The molecule has 2 amide bonds. The summed E-state index contributed by atoms with van der Waals surface area (Å²) >= 11 is 0. The molecule has 17 heavy (non-hydrogen) atoms. The van der Waals surface area contributed by atoms with Gasteiger partial charge in [0.05, 0.1) is 5.69 Å². The number of aliphatic hydroxyl groups is 1. The van der Waals surface area contributed by atoms with E-state index in [1.165, 1.54) is 18.2 Å². The number of urea groups is 1. The number of carbonyl (C=O) groups excluding carboxylic acids is 1. The minimum absolute atomic E-state index is 0.0459. The molecule has 1 heterocycles. The molecule has 0 saturated heterocycles. The summed E-state index contributed by atoms with van der Waals surface area (Å²) in [7, 11) is 0.888. The lowest BCUT2D eigenvalue weighted by Crippen LogP contribution is -2.60. The van der Waals surface area contributed by atoms with Crippen LogP contribution in [0.1, 0.15) is 5.56 Å². The molecule has 7 heteroatoms. The fourth-order valence-electron chi connectivity index (χ4n) is 1.77. The van der Waals surface area contributed by atoms with Gasteiger partial charge in [0, 0.05) is 12.6 Å². The van der Waals surface area contributed by atoms with Gasteiger partial charge in [-0.1, -0.05) is 18.2 Å². The van der Waals surface area contributed by atoms with E-state index in [0.29, 0.717) is 0 Å². The summed E-state index contributed by atoms with van der Waals surface area (Å²) < 4.78 is 38.9. The predicted octanol–water partition coefficient (Wildman–Crippen LogP) is 1.87. The Bertz CT molecular complexity index is 475. The number of nitrogens with one attached hydrogen (secondary N) is 1. The smallest absolute Gasteiger partial charge is 0.360 e. The van der Waals surface area contributed by atoms with E-state index >= 15 is 0 Å². The highest BCUT2D eigenvalue weighted by Gasteiger charge is 2.62. The Kier molecular flexibility index (Phi) is 2.32. The Morgan fingerprint density at radius 1 is 1.35 bits per heavy atom. The normalized spacial score (nSPS) is 24.3. The van der Waals surface area contributed by atoms with Crippen molar-refractivity contribution in [3.63, 3.8) is 0 Å². The Labute approximate surface area is 94.6 Å². The third-order valence-corrected chi connectivity index (χ3v) is 2.73. The standard InChI is InChI=1S/C10H9F3N2O2/c1-15-8(16)14-7-5-3-2-4-6(7)9(15,17)10(11,12)13/h2-5,17H,1H3,(H,14,16). The maximum absolute atomic E-state index is 13.0. The predicted molar refractivity (Wildman–Crippen MR) is 53.2 cm³/mol. The van der Waals surface area contributed by atoms with Crippen LogP contribution in [0.4, 0.5) is 23.7 Å². The maximum atomic E-state index is 13.0. The zero-order chi connectivity index (χ0) is 12.8. The van der Waals surface area contributed by atoms with Gasteiger partial charge in [-0.15, -0.1) is 0 Å². The number of amides is 2. The molecule has 1 aromatic rings. The first-order valence-corrected chi connectivity index (χ1v) is 4.72. The minimum atomic E-state index is -4.98. The van der Waals surface area contributed by atoms with Crippen LogP contribution in [0.25, 0.3) is 0 Å². The fourth-order valence-corrected chi connectivity index (χ4v) is 1.77. The third-order valence-electron chi connectivity index (χ3n) is 2.73. The number of rotatable bonds is 0. The van der Waals surface area contributed by atoms with E-state index in [9.17, 15) is 23.1 Å². The van der Waals surface area contributed by atoms with Crippen LogP contribution in [0.2, 0.25) is 0 Å². The largest absolute Gasteiger partial charge is 0.441 e. The number of hydrogen-bond acceptors (Lipinski definition) is 2. The van der Waals surface area contributed by atoms with Gasteiger partial charge in [0.25, 0.3) is 5.72 Å². The number of hydrogen-bond donors (Lipinski definition) is 2. The minimum Gasteiger partial charge on any atom is -0.360 e. The highest BCUT2D eigenvalue weighted by atomic mass is 19.4. The van der Waals surface area contributed by atoms with Crippen LogP contribution in [0.15, 0.2) is 24.3 Å². The van der Waals surface area contributed by atoms with Crippen LogP contribution < -0.4 is 5.32 Å². The topological polar surface area (TPSA) is 52.6 Å². The average Bonchev–Trinajstić information content (AvgIpc) is 2.24. The lowest BCUT2D eigenvalue weighted by molar-refractivity contribution is -0.309. The quantitative estimate of drug-likeness (QED) is 0.734. The van der Waals surface area contributed by atoms with Crippen LogP contribution in [0.5, 0.6) is 0 Å². The molecule has 0 spiro atoms. The average molecular weight is 246 g/mol. The molecule has 1 unspecified atom stereocenters. The number of anilines is 1. The molecule has 0 bridgehead atoms. The molecule has 0 radical (unpaired) electrons. The molecule has 0 aliphatic carbocycles. The van der Waals surface area contributed by atoms with Crippen molar-refractivity contribution in [3.8, 4) is 0 Å². The second kappa shape index (κ2) is 3.36. The van der Waals surface area contributed by atoms with Crippen LogP contribution in [0, 0.1) is 0 Å². The monoisotopic (exact) mass is 246 g/mol. The second-order valence-corrected chi connectivity index (χ2v) is 3.70. The molecule has 0 fully saturated rings. The van der Waals surface area contributed by atoms with Gasteiger partial charge < -0.3 is 10.4 Å². The summed E-state index contributed by atoms with van der Waals surface area (Å²) in [6, 6.07) is 4.25. The molecule has 92 valence electrons. The summed E-state index contributed by atoms with van der Waals surface area (Å²) in [5.41, 5.74) is -3.74. The van der Waals surface area contributed by atoms with E-state index in [4.69, 9.17) is 0 Å². The fraction of sp³-hybridized carbons (Fsp3) is 0.300. The molecule has 1 aliphatic rings. The first kappa shape index (κ1) is 11.7. The van der Waals surface area contributed by atoms with E-state index in [1.807, 2.05) is 0 Å². The Hall–Kier alpha value is -1.76. The Balaban J connectivity index is 2.69. The van der Waals surface area contributed by atoms with Crippen molar-refractivity contribution in [2.24, 2.45) is 0 Å². The third kappa shape index (κ3) is 1.46. The summed E-state index contributed by atoms with van der Waals surface area (Å²) in [6.07, 6.45) is -4.98. The number of nitrogens with zero attached hydrogens (tertiary/aromatic N) is 1. The summed E-state index contributed by atoms with van der Waals surface area (Å²) in [5.74, 6) is 0. The van der Waals surface area contributed by atoms with Crippen molar-refractivity contribution in [1.29, 1.82) is 0 Å². The molecule has 1 aromatic carbocycles. The van der Waals surface area contributed by atoms with Gasteiger partial charge in [0.1, 0.15) is 0 Å². The molecule has 0 aromatic heterocycles. The molecule has 2 N–H and O–H groups in total. The summed E-state index contributed by atoms with van der Waals surface area (Å²) in [5, 5.41) is 12.1. The highest BCUT2D eigenvalue weighted by molar-refractivity contribution is 5.93. The van der Waals surface area contributed by atoms with E-state index < -0.39 is 23.5 Å². The number of carbonyl (C=O) groups is 1. The maximum Gasteiger partial charge on any atom is 0.441 e. The van der Waals surface area contributed by atoms with Crippen molar-refractivity contribution in [2.75, 3.05) is 12.4 Å². The zero-order valence-electron chi connectivity index (χ0n) is 8.75.